The van der Waals surface area contributed by atoms with Crippen LogP contribution in [0.25, 0.3) is 0 Å². The number of aromatic nitrogens is 2. The fourth-order valence-corrected chi connectivity index (χ4v) is 2.92. The molecule has 20 heavy (non-hydrogen) atoms. The predicted molar refractivity (Wildman–Crippen MR) is 85.2 cm³/mol. The molecule has 0 aromatic carbocycles. The smallest absolute Gasteiger partial charge is 0.283 e. The standard InChI is InChI=1S/C14H21BrN4O/c1-3-7-19-14(20)13(15)12(9-16-19)17-11-6-5-8-18(4-2)10-11/h3,9,11,17H,1,4-8,10H2,2H3. The van der Waals surface area contributed by atoms with Gasteiger partial charge in [-0.3, -0.25) is 4.79 Å². The molecule has 1 N–H and O–H groups in total. The molecule has 1 unspecified atom stereocenters. The first-order valence-electron chi connectivity index (χ1n) is 7.01. The Morgan fingerprint density at radius 3 is 3.15 bits per heavy atom. The van der Waals surface area contributed by atoms with Crippen LogP contribution in [0, 0.1) is 0 Å². The molecule has 110 valence electrons. The van der Waals surface area contributed by atoms with E-state index in [0.29, 0.717) is 17.1 Å². The van der Waals surface area contributed by atoms with Gasteiger partial charge in [0.2, 0.25) is 0 Å². The summed E-state index contributed by atoms with van der Waals surface area (Å²) in [6.45, 7) is 9.46. The Kier molecular flexibility index (Phi) is 5.37. The number of allylic oxidation sites excluding steroid dienone is 1. The van der Waals surface area contributed by atoms with Crippen molar-refractivity contribution in [2.75, 3.05) is 25.0 Å². The molecular weight excluding hydrogens is 320 g/mol. The fourth-order valence-electron chi connectivity index (χ4n) is 2.50. The molecule has 0 amide bonds. The molecule has 6 heteroatoms. The number of hydrogen-bond acceptors (Lipinski definition) is 4. The van der Waals surface area contributed by atoms with Gasteiger partial charge in [0.15, 0.2) is 0 Å². The Labute approximate surface area is 127 Å². The van der Waals surface area contributed by atoms with Crippen LogP contribution in [0.4, 0.5) is 5.69 Å². The van der Waals surface area contributed by atoms with Gasteiger partial charge in [-0.15, -0.1) is 6.58 Å². The Morgan fingerprint density at radius 2 is 2.45 bits per heavy atom. The van der Waals surface area contributed by atoms with E-state index in [0.717, 1.165) is 31.7 Å². The summed E-state index contributed by atoms with van der Waals surface area (Å²) >= 11 is 3.38. The number of rotatable bonds is 5. The molecule has 1 aromatic rings. The molecule has 1 aliphatic rings. The summed E-state index contributed by atoms with van der Waals surface area (Å²) in [5.41, 5.74) is 0.649. The second-order valence-corrected chi connectivity index (χ2v) is 5.82. The topological polar surface area (TPSA) is 50.2 Å². The highest BCUT2D eigenvalue weighted by Crippen LogP contribution is 2.20. The summed E-state index contributed by atoms with van der Waals surface area (Å²) in [5, 5.41) is 7.59. The summed E-state index contributed by atoms with van der Waals surface area (Å²) < 4.78 is 1.93. The van der Waals surface area contributed by atoms with Crippen molar-refractivity contribution < 1.29 is 0 Å². The molecule has 1 aromatic heterocycles. The van der Waals surface area contributed by atoms with E-state index in [1.54, 1.807) is 12.3 Å². The summed E-state index contributed by atoms with van der Waals surface area (Å²) in [4.78, 5) is 14.5. The molecule has 1 aliphatic heterocycles. The second kappa shape index (κ2) is 7.04. The summed E-state index contributed by atoms with van der Waals surface area (Å²) in [5.74, 6) is 0. The predicted octanol–water partition coefficient (Wildman–Crippen LogP) is 2.09. The van der Waals surface area contributed by atoms with Gasteiger partial charge in [0.25, 0.3) is 5.56 Å². The van der Waals surface area contributed by atoms with E-state index >= 15 is 0 Å². The highest BCUT2D eigenvalue weighted by molar-refractivity contribution is 9.10. The number of likely N-dealkylation sites (tertiary alicyclic amines) is 1. The summed E-state index contributed by atoms with van der Waals surface area (Å²) in [6.07, 6.45) is 5.68. The van der Waals surface area contributed by atoms with Crippen molar-refractivity contribution >= 4 is 21.6 Å². The zero-order valence-corrected chi connectivity index (χ0v) is 13.4. The fraction of sp³-hybridized carbons (Fsp3) is 0.571. The maximum Gasteiger partial charge on any atom is 0.283 e. The van der Waals surface area contributed by atoms with E-state index in [1.165, 1.54) is 11.1 Å². The van der Waals surface area contributed by atoms with E-state index in [1.807, 2.05) is 0 Å². The van der Waals surface area contributed by atoms with Crippen LogP contribution in [0.5, 0.6) is 0 Å². The van der Waals surface area contributed by atoms with Gasteiger partial charge >= 0.3 is 0 Å². The highest BCUT2D eigenvalue weighted by atomic mass is 79.9. The maximum absolute atomic E-state index is 12.1. The number of nitrogens with one attached hydrogen (secondary N) is 1. The van der Waals surface area contributed by atoms with Crippen LogP contribution in [0.2, 0.25) is 0 Å². The second-order valence-electron chi connectivity index (χ2n) is 5.02. The summed E-state index contributed by atoms with van der Waals surface area (Å²) in [6, 6.07) is 0.372. The molecule has 2 rings (SSSR count). The van der Waals surface area contributed by atoms with Gasteiger partial charge in [0, 0.05) is 12.6 Å². The molecule has 0 radical (unpaired) electrons. The first-order valence-corrected chi connectivity index (χ1v) is 7.80. The minimum atomic E-state index is -0.127. The number of hydrogen-bond donors (Lipinski definition) is 1. The third kappa shape index (κ3) is 3.49. The first kappa shape index (κ1) is 15.3. The van der Waals surface area contributed by atoms with Gasteiger partial charge in [0.05, 0.1) is 18.4 Å². The molecule has 1 atom stereocenters. The minimum Gasteiger partial charge on any atom is -0.379 e. The van der Waals surface area contributed by atoms with E-state index in [2.05, 4.69) is 44.7 Å². The third-order valence-corrected chi connectivity index (χ3v) is 4.37. The van der Waals surface area contributed by atoms with Crippen molar-refractivity contribution in [3.63, 3.8) is 0 Å². The van der Waals surface area contributed by atoms with Gasteiger partial charge < -0.3 is 10.2 Å². The van der Waals surface area contributed by atoms with Crippen molar-refractivity contribution in [1.82, 2.24) is 14.7 Å². The van der Waals surface area contributed by atoms with Crippen molar-refractivity contribution in [3.05, 3.63) is 33.7 Å². The highest BCUT2D eigenvalue weighted by Gasteiger charge is 2.20. The lowest BCUT2D eigenvalue weighted by atomic mass is 10.1. The van der Waals surface area contributed by atoms with Gasteiger partial charge in [-0.25, -0.2) is 4.68 Å². The lowest BCUT2D eigenvalue weighted by molar-refractivity contribution is 0.227. The molecule has 0 bridgehead atoms. The maximum atomic E-state index is 12.1. The lowest BCUT2D eigenvalue weighted by Crippen LogP contribution is -2.42. The van der Waals surface area contributed by atoms with Gasteiger partial charge in [-0.1, -0.05) is 13.0 Å². The van der Waals surface area contributed by atoms with Crippen LogP contribution in [0.15, 0.2) is 28.1 Å². The van der Waals surface area contributed by atoms with Crippen molar-refractivity contribution in [2.45, 2.75) is 32.4 Å². The number of halogens is 1. The molecule has 1 saturated heterocycles. The van der Waals surface area contributed by atoms with Crippen LogP contribution in [0.1, 0.15) is 19.8 Å². The SMILES string of the molecule is C=CCn1ncc(NC2CCCN(CC)C2)c(Br)c1=O. The Bertz CT molecular complexity index is 528. The normalized spacial score (nSPS) is 19.8. The van der Waals surface area contributed by atoms with Gasteiger partial charge in [-0.2, -0.15) is 5.10 Å². The van der Waals surface area contributed by atoms with Crippen molar-refractivity contribution in [3.8, 4) is 0 Å². The lowest BCUT2D eigenvalue weighted by Gasteiger charge is -2.32. The zero-order valence-electron chi connectivity index (χ0n) is 11.8. The molecule has 0 aliphatic carbocycles. The molecule has 0 spiro atoms. The third-order valence-electron chi connectivity index (χ3n) is 3.60. The van der Waals surface area contributed by atoms with Gasteiger partial charge in [-0.05, 0) is 41.9 Å². The van der Waals surface area contributed by atoms with E-state index in [4.69, 9.17) is 0 Å². The Balaban J connectivity index is 2.11. The molecule has 5 nitrogen and oxygen atoms in total. The average Bonchev–Trinajstić information content (AvgIpc) is 2.47. The largest absolute Gasteiger partial charge is 0.379 e. The first-order chi connectivity index (χ1) is 9.65. The monoisotopic (exact) mass is 340 g/mol. The van der Waals surface area contributed by atoms with Gasteiger partial charge in [0.1, 0.15) is 4.47 Å². The molecule has 1 fully saturated rings. The zero-order chi connectivity index (χ0) is 14.5. The van der Waals surface area contributed by atoms with Crippen molar-refractivity contribution in [1.29, 1.82) is 0 Å². The quantitative estimate of drug-likeness (QED) is 0.834. The Hall–Kier alpha value is -1.14. The number of likely N-dealkylation sites (N-methyl/N-ethyl adjacent to an activating group) is 1. The number of piperidine rings is 1. The number of nitrogens with zero attached hydrogens (tertiary/aromatic N) is 3. The van der Waals surface area contributed by atoms with E-state index in [-0.39, 0.29) is 5.56 Å². The molecular formula is C14H21BrN4O. The molecule has 2 heterocycles. The van der Waals surface area contributed by atoms with E-state index < -0.39 is 0 Å². The van der Waals surface area contributed by atoms with Crippen LogP contribution >= 0.6 is 15.9 Å². The Morgan fingerprint density at radius 1 is 1.65 bits per heavy atom. The summed E-state index contributed by atoms with van der Waals surface area (Å²) in [7, 11) is 0. The van der Waals surface area contributed by atoms with Crippen LogP contribution in [-0.2, 0) is 6.54 Å². The number of anilines is 1. The van der Waals surface area contributed by atoms with Crippen LogP contribution in [-0.4, -0.2) is 40.4 Å². The average molecular weight is 341 g/mol. The van der Waals surface area contributed by atoms with Crippen molar-refractivity contribution in [2.24, 2.45) is 0 Å². The minimum absolute atomic E-state index is 0.127. The van der Waals surface area contributed by atoms with Crippen LogP contribution < -0.4 is 10.9 Å². The molecule has 0 saturated carbocycles. The van der Waals surface area contributed by atoms with Crippen LogP contribution in [0.3, 0.4) is 0 Å². The van der Waals surface area contributed by atoms with E-state index in [9.17, 15) is 4.79 Å².